The Hall–Kier alpha value is -0.790. The lowest BCUT2D eigenvalue weighted by molar-refractivity contribution is 0.544. The SMILES string of the molecule is CCc1nn(CC2CC2)c(C)c1C(C)C. The van der Waals surface area contributed by atoms with E-state index in [0.717, 1.165) is 18.9 Å². The number of rotatable bonds is 4. The minimum absolute atomic E-state index is 0.605. The van der Waals surface area contributed by atoms with Gasteiger partial charge in [0.1, 0.15) is 0 Å². The fourth-order valence-corrected chi connectivity index (χ4v) is 2.36. The first-order valence-corrected chi connectivity index (χ1v) is 6.19. The normalized spacial score (nSPS) is 16.3. The molecule has 0 N–H and O–H groups in total. The van der Waals surface area contributed by atoms with Crippen LogP contribution >= 0.6 is 0 Å². The Morgan fingerprint density at radius 1 is 1.40 bits per heavy atom. The molecule has 0 atom stereocenters. The molecular weight excluding hydrogens is 184 g/mol. The predicted octanol–water partition coefficient (Wildman–Crippen LogP) is 3.29. The summed E-state index contributed by atoms with van der Waals surface area (Å²) in [6.07, 6.45) is 3.86. The maximum Gasteiger partial charge on any atom is 0.0659 e. The van der Waals surface area contributed by atoms with Crippen molar-refractivity contribution in [3.05, 3.63) is 17.0 Å². The zero-order valence-electron chi connectivity index (χ0n) is 10.4. The van der Waals surface area contributed by atoms with Crippen molar-refractivity contribution in [2.24, 2.45) is 5.92 Å². The molecule has 1 saturated carbocycles. The number of aryl methyl sites for hydroxylation is 1. The summed E-state index contributed by atoms with van der Waals surface area (Å²) >= 11 is 0. The van der Waals surface area contributed by atoms with Crippen molar-refractivity contribution in [1.82, 2.24) is 9.78 Å². The molecule has 1 aromatic rings. The quantitative estimate of drug-likeness (QED) is 0.739. The van der Waals surface area contributed by atoms with E-state index < -0.39 is 0 Å². The highest BCUT2D eigenvalue weighted by atomic mass is 15.3. The van der Waals surface area contributed by atoms with Crippen LogP contribution in [0.3, 0.4) is 0 Å². The molecule has 0 radical (unpaired) electrons. The van der Waals surface area contributed by atoms with Gasteiger partial charge in [-0.2, -0.15) is 5.10 Å². The van der Waals surface area contributed by atoms with Gasteiger partial charge in [-0.15, -0.1) is 0 Å². The zero-order chi connectivity index (χ0) is 11.0. The molecule has 2 rings (SSSR count). The first kappa shape index (κ1) is 10.7. The number of hydrogen-bond acceptors (Lipinski definition) is 1. The van der Waals surface area contributed by atoms with Crippen LogP contribution in [-0.4, -0.2) is 9.78 Å². The summed E-state index contributed by atoms with van der Waals surface area (Å²) in [5.41, 5.74) is 4.19. The largest absolute Gasteiger partial charge is 0.269 e. The molecular formula is C13H22N2. The Kier molecular flexibility index (Phi) is 2.85. The lowest BCUT2D eigenvalue weighted by atomic mass is 10.00. The molecule has 0 unspecified atom stereocenters. The number of hydrogen-bond donors (Lipinski definition) is 0. The van der Waals surface area contributed by atoms with Gasteiger partial charge in [0, 0.05) is 12.2 Å². The van der Waals surface area contributed by atoms with Gasteiger partial charge >= 0.3 is 0 Å². The standard InChI is InChI=1S/C13H22N2/c1-5-12-13(9(2)3)10(4)15(14-12)8-11-6-7-11/h9,11H,5-8H2,1-4H3. The van der Waals surface area contributed by atoms with Gasteiger partial charge in [0.25, 0.3) is 0 Å². The molecule has 0 amide bonds. The zero-order valence-corrected chi connectivity index (χ0v) is 10.4. The van der Waals surface area contributed by atoms with E-state index in [0.29, 0.717) is 5.92 Å². The fourth-order valence-electron chi connectivity index (χ4n) is 2.36. The molecule has 15 heavy (non-hydrogen) atoms. The van der Waals surface area contributed by atoms with Gasteiger partial charge in [0.15, 0.2) is 0 Å². The summed E-state index contributed by atoms with van der Waals surface area (Å²) in [5, 5.41) is 4.75. The average Bonchev–Trinajstić information content (AvgIpc) is 2.92. The van der Waals surface area contributed by atoms with Crippen molar-refractivity contribution in [1.29, 1.82) is 0 Å². The number of nitrogens with zero attached hydrogens (tertiary/aromatic N) is 2. The topological polar surface area (TPSA) is 17.8 Å². The first-order valence-electron chi connectivity index (χ1n) is 6.19. The van der Waals surface area contributed by atoms with Crippen molar-refractivity contribution >= 4 is 0 Å². The fraction of sp³-hybridized carbons (Fsp3) is 0.769. The van der Waals surface area contributed by atoms with Crippen molar-refractivity contribution in [2.75, 3.05) is 0 Å². The van der Waals surface area contributed by atoms with Crippen molar-refractivity contribution in [3.8, 4) is 0 Å². The summed E-state index contributed by atoms with van der Waals surface area (Å²) in [6.45, 7) is 10.1. The van der Waals surface area contributed by atoms with Crippen LogP contribution in [-0.2, 0) is 13.0 Å². The van der Waals surface area contributed by atoms with Crippen LogP contribution in [0.1, 0.15) is 56.5 Å². The Morgan fingerprint density at radius 2 is 2.07 bits per heavy atom. The molecule has 1 aliphatic rings. The van der Waals surface area contributed by atoms with E-state index in [2.05, 4.69) is 32.4 Å². The predicted molar refractivity (Wildman–Crippen MR) is 63.2 cm³/mol. The molecule has 0 saturated heterocycles. The first-order chi connectivity index (χ1) is 7.13. The maximum absolute atomic E-state index is 4.75. The van der Waals surface area contributed by atoms with Crippen molar-refractivity contribution in [3.63, 3.8) is 0 Å². The summed E-state index contributed by atoms with van der Waals surface area (Å²) in [6, 6.07) is 0. The van der Waals surface area contributed by atoms with Crippen LogP contribution < -0.4 is 0 Å². The monoisotopic (exact) mass is 206 g/mol. The Balaban J connectivity index is 2.30. The molecule has 2 nitrogen and oxygen atoms in total. The summed E-state index contributed by atoms with van der Waals surface area (Å²) in [7, 11) is 0. The highest BCUT2D eigenvalue weighted by Gasteiger charge is 2.24. The van der Waals surface area contributed by atoms with Gasteiger partial charge in [-0.1, -0.05) is 20.8 Å². The van der Waals surface area contributed by atoms with E-state index in [9.17, 15) is 0 Å². The third-order valence-electron chi connectivity index (χ3n) is 3.37. The average molecular weight is 206 g/mol. The van der Waals surface area contributed by atoms with Crippen molar-refractivity contribution in [2.45, 2.75) is 59.4 Å². The smallest absolute Gasteiger partial charge is 0.0659 e. The lowest BCUT2D eigenvalue weighted by Crippen LogP contribution is -2.04. The maximum atomic E-state index is 4.75. The summed E-state index contributed by atoms with van der Waals surface area (Å²) in [5.74, 6) is 1.52. The Morgan fingerprint density at radius 3 is 2.47 bits per heavy atom. The van der Waals surface area contributed by atoms with Crippen molar-refractivity contribution < 1.29 is 0 Å². The van der Waals surface area contributed by atoms with E-state index in [4.69, 9.17) is 5.10 Å². The third kappa shape index (κ3) is 2.09. The van der Waals surface area contributed by atoms with Crippen LogP contribution in [0.25, 0.3) is 0 Å². The van der Waals surface area contributed by atoms with E-state index in [-0.39, 0.29) is 0 Å². The minimum atomic E-state index is 0.605. The van der Waals surface area contributed by atoms with Gasteiger partial charge in [0.2, 0.25) is 0 Å². The second-order valence-corrected chi connectivity index (χ2v) is 5.08. The molecule has 1 heterocycles. The Bertz CT molecular complexity index is 346. The van der Waals surface area contributed by atoms with Gasteiger partial charge in [0.05, 0.1) is 5.69 Å². The molecule has 1 aromatic heterocycles. The molecule has 2 heteroatoms. The molecule has 1 fully saturated rings. The second-order valence-electron chi connectivity index (χ2n) is 5.08. The highest BCUT2D eigenvalue weighted by molar-refractivity contribution is 5.28. The molecule has 0 bridgehead atoms. The van der Waals surface area contributed by atoms with E-state index >= 15 is 0 Å². The van der Waals surface area contributed by atoms with Gasteiger partial charge in [-0.05, 0) is 43.6 Å². The summed E-state index contributed by atoms with van der Waals surface area (Å²) < 4.78 is 2.24. The van der Waals surface area contributed by atoms with Crippen LogP contribution in [0.4, 0.5) is 0 Å². The van der Waals surface area contributed by atoms with Gasteiger partial charge in [-0.25, -0.2) is 0 Å². The van der Waals surface area contributed by atoms with Crippen LogP contribution in [0.5, 0.6) is 0 Å². The number of aromatic nitrogens is 2. The molecule has 84 valence electrons. The van der Waals surface area contributed by atoms with Crippen LogP contribution in [0.2, 0.25) is 0 Å². The minimum Gasteiger partial charge on any atom is -0.269 e. The molecule has 0 aromatic carbocycles. The van der Waals surface area contributed by atoms with Crippen LogP contribution in [0.15, 0.2) is 0 Å². The second kappa shape index (κ2) is 3.99. The van der Waals surface area contributed by atoms with E-state index in [1.54, 1.807) is 0 Å². The van der Waals surface area contributed by atoms with E-state index in [1.165, 1.54) is 29.8 Å². The van der Waals surface area contributed by atoms with E-state index in [1.807, 2.05) is 0 Å². The third-order valence-corrected chi connectivity index (χ3v) is 3.37. The molecule has 0 spiro atoms. The highest BCUT2D eigenvalue weighted by Crippen LogP contribution is 2.32. The Labute approximate surface area is 92.7 Å². The molecule has 0 aliphatic heterocycles. The van der Waals surface area contributed by atoms with Gasteiger partial charge < -0.3 is 0 Å². The van der Waals surface area contributed by atoms with Crippen LogP contribution in [0, 0.1) is 12.8 Å². The molecule has 1 aliphatic carbocycles. The van der Waals surface area contributed by atoms with Gasteiger partial charge in [-0.3, -0.25) is 4.68 Å². The summed E-state index contributed by atoms with van der Waals surface area (Å²) in [4.78, 5) is 0. The lowest BCUT2D eigenvalue weighted by Gasteiger charge is -2.07.